The summed E-state index contributed by atoms with van der Waals surface area (Å²) >= 11 is 0. The molecule has 0 saturated carbocycles. The van der Waals surface area contributed by atoms with Crippen molar-refractivity contribution in [2.75, 3.05) is 25.7 Å². The monoisotopic (exact) mass is 369 g/mol. The SMILES string of the molecule is C#CC#CC#CP(C)CCP(C)N(Cc1ccc(C)cc1)C(C)(C)C. The maximum atomic E-state index is 5.10. The van der Waals surface area contributed by atoms with Gasteiger partial charge >= 0.3 is 0 Å². The summed E-state index contributed by atoms with van der Waals surface area (Å²) in [6, 6.07) is 8.90. The van der Waals surface area contributed by atoms with Crippen LogP contribution >= 0.6 is 16.0 Å². The summed E-state index contributed by atoms with van der Waals surface area (Å²) in [7, 11) is -0.501. The molecule has 25 heavy (non-hydrogen) atoms. The normalized spacial score (nSPS) is 13.0. The van der Waals surface area contributed by atoms with E-state index >= 15 is 0 Å². The van der Waals surface area contributed by atoms with E-state index in [-0.39, 0.29) is 21.5 Å². The van der Waals surface area contributed by atoms with Crippen molar-refractivity contribution in [3.63, 3.8) is 0 Å². The Kier molecular flexibility index (Phi) is 9.27. The summed E-state index contributed by atoms with van der Waals surface area (Å²) in [6.45, 7) is 14.7. The molecule has 0 bridgehead atoms. The summed E-state index contributed by atoms with van der Waals surface area (Å²) in [5.41, 5.74) is 6.10. The molecule has 1 nitrogen and oxygen atoms in total. The van der Waals surface area contributed by atoms with Gasteiger partial charge < -0.3 is 0 Å². The second-order valence-corrected chi connectivity index (χ2v) is 11.5. The van der Waals surface area contributed by atoms with Crippen LogP contribution in [0.3, 0.4) is 0 Å². The van der Waals surface area contributed by atoms with Gasteiger partial charge in [-0.05, 0) is 98.6 Å². The Morgan fingerprint density at radius 2 is 1.64 bits per heavy atom. The number of aryl methyl sites for hydroxylation is 1. The van der Waals surface area contributed by atoms with Crippen LogP contribution in [0.2, 0.25) is 0 Å². The van der Waals surface area contributed by atoms with E-state index in [9.17, 15) is 0 Å². The van der Waals surface area contributed by atoms with Crippen molar-refractivity contribution in [2.24, 2.45) is 0 Å². The number of rotatable bonds is 6. The van der Waals surface area contributed by atoms with E-state index in [1.54, 1.807) is 0 Å². The van der Waals surface area contributed by atoms with Gasteiger partial charge in [0.05, 0.1) is 0 Å². The first-order valence-corrected chi connectivity index (χ1v) is 12.4. The Hall–Kier alpha value is -1.28. The predicted molar refractivity (Wildman–Crippen MR) is 116 cm³/mol. The van der Waals surface area contributed by atoms with Crippen LogP contribution in [0.4, 0.5) is 0 Å². The Bertz CT molecular complexity index is 699. The van der Waals surface area contributed by atoms with E-state index in [0.29, 0.717) is 0 Å². The largest absolute Gasteiger partial charge is 0.273 e. The minimum atomic E-state index is -0.297. The predicted octanol–water partition coefficient (Wildman–Crippen LogP) is 5.33. The molecule has 0 aliphatic heterocycles. The van der Waals surface area contributed by atoms with Gasteiger partial charge in [0, 0.05) is 12.1 Å². The van der Waals surface area contributed by atoms with Crippen LogP contribution in [0.15, 0.2) is 24.3 Å². The van der Waals surface area contributed by atoms with Gasteiger partial charge in [-0.2, -0.15) is 0 Å². The Morgan fingerprint density at radius 1 is 1.00 bits per heavy atom. The minimum Gasteiger partial charge on any atom is -0.273 e. The number of nitrogens with zero attached hydrogens (tertiary/aromatic N) is 1. The third-order valence-electron chi connectivity index (χ3n) is 3.84. The molecule has 0 fully saturated rings. The lowest BCUT2D eigenvalue weighted by atomic mass is 10.1. The highest BCUT2D eigenvalue weighted by Crippen LogP contribution is 2.45. The zero-order chi connectivity index (χ0) is 18.9. The molecule has 0 N–H and O–H groups in total. The number of terminal acetylenes is 1. The third-order valence-corrected chi connectivity index (χ3v) is 8.02. The quantitative estimate of drug-likeness (QED) is 0.484. The van der Waals surface area contributed by atoms with Crippen LogP contribution in [0.5, 0.6) is 0 Å². The fraction of sp³-hybridized carbons (Fsp3) is 0.455. The van der Waals surface area contributed by atoms with Gasteiger partial charge in [0.1, 0.15) is 0 Å². The smallest absolute Gasteiger partial charge is 0.0278 e. The van der Waals surface area contributed by atoms with Gasteiger partial charge in [0.25, 0.3) is 0 Å². The summed E-state index contributed by atoms with van der Waals surface area (Å²) in [6.07, 6.45) is 7.46. The maximum Gasteiger partial charge on any atom is 0.0278 e. The van der Waals surface area contributed by atoms with Crippen molar-refractivity contribution in [3.05, 3.63) is 35.4 Å². The van der Waals surface area contributed by atoms with E-state index in [0.717, 1.165) is 12.7 Å². The molecule has 1 aromatic carbocycles. The molecule has 0 aliphatic carbocycles. The van der Waals surface area contributed by atoms with Gasteiger partial charge in [-0.3, -0.25) is 4.67 Å². The molecular formula is C22H29NP2. The molecule has 0 saturated heterocycles. The lowest BCUT2D eigenvalue weighted by Crippen LogP contribution is -2.37. The standard InChI is InChI=1S/C22H29NP2/c1-8-9-10-11-16-24(6)17-18-25(7)23(22(3,4)5)19-21-14-12-20(2)13-15-21/h1,12-15H,17-19H2,2-7H3. The number of benzene rings is 1. The zero-order valence-electron chi connectivity index (χ0n) is 16.3. The second-order valence-electron chi connectivity index (χ2n) is 7.15. The Labute approximate surface area is 157 Å². The lowest BCUT2D eigenvalue weighted by Gasteiger charge is -2.40. The van der Waals surface area contributed by atoms with Crippen LogP contribution in [0, 0.1) is 42.7 Å². The molecular weight excluding hydrogens is 340 g/mol. The van der Waals surface area contributed by atoms with Crippen molar-refractivity contribution in [3.8, 4) is 35.8 Å². The number of hydrogen-bond acceptors (Lipinski definition) is 1. The lowest BCUT2D eigenvalue weighted by molar-refractivity contribution is 0.257. The first kappa shape index (κ1) is 21.8. The molecule has 2 unspecified atom stereocenters. The fourth-order valence-corrected chi connectivity index (χ4v) is 6.79. The van der Waals surface area contributed by atoms with Crippen molar-refractivity contribution >= 4 is 16.0 Å². The average molecular weight is 369 g/mol. The molecule has 0 aliphatic rings. The summed E-state index contributed by atoms with van der Waals surface area (Å²) in [4.78, 5) is 0. The molecule has 0 aromatic heterocycles. The first-order valence-electron chi connectivity index (χ1n) is 8.45. The first-order chi connectivity index (χ1) is 11.7. The Morgan fingerprint density at radius 3 is 2.20 bits per heavy atom. The van der Waals surface area contributed by atoms with Gasteiger partial charge in [-0.15, -0.1) is 6.42 Å². The topological polar surface area (TPSA) is 3.24 Å². The molecule has 1 rings (SSSR count). The van der Waals surface area contributed by atoms with Crippen molar-refractivity contribution in [2.45, 2.75) is 39.8 Å². The van der Waals surface area contributed by atoms with Crippen LogP contribution in [0.25, 0.3) is 0 Å². The zero-order valence-corrected chi connectivity index (χ0v) is 18.1. The van der Waals surface area contributed by atoms with E-state index in [1.807, 2.05) is 0 Å². The fourth-order valence-electron chi connectivity index (χ4n) is 2.40. The van der Waals surface area contributed by atoms with E-state index in [4.69, 9.17) is 6.42 Å². The molecule has 1 aromatic rings. The van der Waals surface area contributed by atoms with E-state index in [1.165, 1.54) is 17.3 Å². The van der Waals surface area contributed by atoms with Crippen molar-refractivity contribution < 1.29 is 0 Å². The summed E-state index contributed by atoms with van der Waals surface area (Å²) in [5, 5.41) is 0. The number of hydrogen-bond donors (Lipinski definition) is 0. The molecule has 132 valence electrons. The highest BCUT2D eigenvalue weighted by molar-refractivity contribution is 7.63. The van der Waals surface area contributed by atoms with E-state index < -0.39 is 0 Å². The second kappa shape index (κ2) is 10.7. The molecule has 3 heteroatoms. The van der Waals surface area contributed by atoms with Gasteiger partial charge in [-0.25, -0.2) is 0 Å². The Balaban J connectivity index is 2.71. The van der Waals surface area contributed by atoms with Crippen LogP contribution in [-0.2, 0) is 6.54 Å². The molecule has 2 atom stereocenters. The highest BCUT2D eigenvalue weighted by Gasteiger charge is 2.26. The molecule has 0 spiro atoms. The van der Waals surface area contributed by atoms with Crippen molar-refractivity contribution in [1.29, 1.82) is 0 Å². The van der Waals surface area contributed by atoms with Gasteiger partial charge in [0.15, 0.2) is 0 Å². The summed E-state index contributed by atoms with van der Waals surface area (Å²) in [5.74, 6) is 10.4. The minimum absolute atomic E-state index is 0.159. The molecule has 0 amide bonds. The summed E-state index contributed by atoms with van der Waals surface area (Å²) < 4.78 is 2.65. The third kappa shape index (κ3) is 8.58. The highest BCUT2D eigenvalue weighted by atomic mass is 31.1. The average Bonchev–Trinajstić information content (AvgIpc) is 2.55. The van der Waals surface area contributed by atoms with Gasteiger partial charge in [0.2, 0.25) is 0 Å². The van der Waals surface area contributed by atoms with Gasteiger partial charge in [-0.1, -0.05) is 35.5 Å². The van der Waals surface area contributed by atoms with Crippen molar-refractivity contribution in [1.82, 2.24) is 4.67 Å². The van der Waals surface area contributed by atoms with Crippen LogP contribution in [0.1, 0.15) is 31.9 Å². The van der Waals surface area contributed by atoms with Crippen LogP contribution < -0.4 is 0 Å². The maximum absolute atomic E-state index is 5.10. The van der Waals surface area contributed by atoms with E-state index in [2.05, 4.69) is 99.3 Å². The van der Waals surface area contributed by atoms with Crippen LogP contribution in [-0.4, -0.2) is 35.9 Å². The molecule has 0 radical (unpaired) electrons. The molecule has 0 heterocycles.